The molecule has 3 aliphatic heterocycles. The molecule has 2 N–H and O–H groups in total. The number of benzene rings is 1. The minimum Gasteiger partial charge on any atom is -0.326 e. The van der Waals surface area contributed by atoms with E-state index in [4.69, 9.17) is 0 Å². The molecule has 2 fully saturated rings. The molecule has 2 saturated heterocycles. The highest BCUT2D eigenvalue weighted by molar-refractivity contribution is 5.94. The quantitative estimate of drug-likeness (QED) is 0.818. The summed E-state index contributed by atoms with van der Waals surface area (Å²) in [5.74, 6) is 0.329. The second kappa shape index (κ2) is 4.56. The molecule has 110 valence electrons. The summed E-state index contributed by atoms with van der Waals surface area (Å²) in [5, 5.41) is 6.49. The van der Waals surface area contributed by atoms with E-state index in [1.807, 2.05) is 17.0 Å². The molecule has 3 aliphatic rings. The molecule has 4 rings (SSSR count). The molecular weight excluding hydrogens is 266 g/mol. The first-order valence-electron chi connectivity index (χ1n) is 7.68. The molecule has 5 heteroatoms. The van der Waals surface area contributed by atoms with Crippen LogP contribution >= 0.6 is 0 Å². The zero-order valence-corrected chi connectivity index (χ0v) is 11.9. The molecule has 0 spiro atoms. The Morgan fingerprint density at radius 3 is 2.95 bits per heavy atom. The fraction of sp³-hybridized carbons (Fsp3) is 0.500. The molecule has 5 nitrogen and oxygen atoms in total. The average molecular weight is 285 g/mol. The number of carbonyl (C=O) groups excluding carboxylic acids is 2. The summed E-state index contributed by atoms with van der Waals surface area (Å²) in [6.45, 7) is 1.78. The van der Waals surface area contributed by atoms with Crippen molar-refractivity contribution in [2.24, 2.45) is 0 Å². The summed E-state index contributed by atoms with van der Waals surface area (Å²) < 4.78 is 0. The van der Waals surface area contributed by atoms with E-state index >= 15 is 0 Å². The molecule has 3 heterocycles. The predicted molar refractivity (Wildman–Crippen MR) is 78.6 cm³/mol. The predicted octanol–water partition coefficient (Wildman–Crippen LogP) is 1.34. The number of aryl methyl sites for hydroxylation is 1. The van der Waals surface area contributed by atoms with Crippen molar-refractivity contribution in [3.63, 3.8) is 0 Å². The second-order valence-electron chi connectivity index (χ2n) is 6.11. The Morgan fingerprint density at radius 1 is 1.14 bits per heavy atom. The largest absolute Gasteiger partial charge is 0.326 e. The van der Waals surface area contributed by atoms with Gasteiger partial charge in [0.2, 0.25) is 11.8 Å². The van der Waals surface area contributed by atoms with E-state index in [1.165, 1.54) is 5.56 Å². The van der Waals surface area contributed by atoms with Gasteiger partial charge in [-0.3, -0.25) is 14.9 Å². The molecule has 2 amide bonds. The summed E-state index contributed by atoms with van der Waals surface area (Å²) >= 11 is 0. The van der Waals surface area contributed by atoms with Crippen molar-refractivity contribution in [3.05, 3.63) is 29.3 Å². The monoisotopic (exact) mass is 285 g/mol. The van der Waals surface area contributed by atoms with Gasteiger partial charge >= 0.3 is 0 Å². The number of carbonyl (C=O) groups is 2. The molecule has 1 atom stereocenters. The van der Waals surface area contributed by atoms with Gasteiger partial charge in [-0.1, -0.05) is 6.07 Å². The van der Waals surface area contributed by atoms with Gasteiger partial charge in [-0.2, -0.15) is 0 Å². The van der Waals surface area contributed by atoms with Crippen molar-refractivity contribution in [2.45, 2.75) is 37.8 Å². The Kier molecular flexibility index (Phi) is 2.79. The van der Waals surface area contributed by atoms with Crippen LogP contribution in [0.4, 0.5) is 5.69 Å². The molecule has 1 aromatic rings. The Bertz CT molecular complexity index is 628. The molecule has 0 saturated carbocycles. The molecule has 21 heavy (non-hydrogen) atoms. The summed E-state index contributed by atoms with van der Waals surface area (Å²) in [6.07, 6.45) is 3.77. The van der Waals surface area contributed by atoms with E-state index in [-0.39, 0.29) is 17.5 Å². The van der Waals surface area contributed by atoms with Crippen LogP contribution in [0.3, 0.4) is 0 Å². The average Bonchev–Trinajstić information content (AvgIpc) is 2.86. The third kappa shape index (κ3) is 1.87. The lowest BCUT2D eigenvalue weighted by molar-refractivity contribution is -0.134. The third-order valence-electron chi connectivity index (χ3n) is 4.92. The molecule has 1 unspecified atom stereocenters. The van der Waals surface area contributed by atoms with Crippen LogP contribution in [0.25, 0.3) is 0 Å². The fourth-order valence-corrected chi connectivity index (χ4v) is 3.85. The Balaban J connectivity index is 1.75. The zero-order chi connectivity index (χ0) is 14.4. The van der Waals surface area contributed by atoms with Crippen LogP contribution in [0.5, 0.6) is 0 Å². The van der Waals surface area contributed by atoms with Crippen LogP contribution in [0.15, 0.2) is 18.2 Å². The number of fused-ring (bicyclic) bond motifs is 2. The van der Waals surface area contributed by atoms with Crippen molar-refractivity contribution < 1.29 is 9.59 Å². The first-order chi connectivity index (χ1) is 10.2. The van der Waals surface area contributed by atoms with Gasteiger partial charge in [0, 0.05) is 25.1 Å². The normalized spacial score (nSPS) is 28.1. The first-order valence-corrected chi connectivity index (χ1v) is 7.68. The fourth-order valence-electron chi connectivity index (χ4n) is 3.85. The van der Waals surface area contributed by atoms with Gasteiger partial charge in [-0.15, -0.1) is 0 Å². The van der Waals surface area contributed by atoms with Crippen LogP contribution < -0.4 is 10.6 Å². The number of anilines is 1. The van der Waals surface area contributed by atoms with Crippen LogP contribution in [-0.2, 0) is 21.7 Å². The van der Waals surface area contributed by atoms with Gasteiger partial charge in [0.05, 0.1) is 0 Å². The maximum Gasteiger partial charge on any atom is 0.224 e. The maximum absolute atomic E-state index is 12.1. The van der Waals surface area contributed by atoms with Gasteiger partial charge in [0.25, 0.3) is 0 Å². The molecular formula is C16H19N3O2. The molecule has 0 aliphatic carbocycles. The van der Waals surface area contributed by atoms with Crippen LogP contribution in [0.2, 0.25) is 0 Å². The van der Waals surface area contributed by atoms with Gasteiger partial charge in [-0.25, -0.2) is 0 Å². The molecule has 0 bridgehead atoms. The smallest absolute Gasteiger partial charge is 0.224 e. The number of nitrogens with one attached hydrogen (secondary N) is 2. The second-order valence-corrected chi connectivity index (χ2v) is 6.11. The molecule has 0 aromatic heterocycles. The van der Waals surface area contributed by atoms with Crippen LogP contribution in [0.1, 0.15) is 36.8 Å². The van der Waals surface area contributed by atoms with Gasteiger partial charge in [-0.05, 0) is 49.1 Å². The summed E-state index contributed by atoms with van der Waals surface area (Å²) in [7, 11) is 0. The van der Waals surface area contributed by atoms with E-state index in [1.54, 1.807) is 0 Å². The number of amides is 2. The standard InChI is InChI=1S/C16H19N3O2/c20-14-5-2-11-10-12(3-4-13(11)18-14)16-7-6-15(21)19(16)9-1-8-17-16/h3-4,10,17H,1-2,5-9H2,(H,18,20). The summed E-state index contributed by atoms with van der Waals surface area (Å²) in [6, 6.07) is 6.20. The van der Waals surface area contributed by atoms with E-state index in [0.29, 0.717) is 12.8 Å². The molecule has 0 radical (unpaired) electrons. The van der Waals surface area contributed by atoms with Crippen LogP contribution in [0, 0.1) is 0 Å². The van der Waals surface area contributed by atoms with E-state index in [9.17, 15) is 9.59 Å². The van der Waals surface area contributed by atoms with E-state index < -0.39 is 0 Å². The topological polar surface area (TPSA) is 61.4 Å². The summed E-state index contributed by atoms with van der Waals surface area (Å²) in [4.78, 5) is 25.6. The Labute approximate surface area is 123 Å². The maximum atomic E-state index is 12.1. The minimum absolute atomic E-state index is 0.0851. The Morgan fingerprint density at radius 2 is 2.05 bits per heavy atom. The highest BCUT2D eigenvalue weighted by atomic mass is 16.2. The SMILES string of the molecule is O=C1CCc2cc(C34CCC(=O)N3CCCN4)ccc2N1. The molecule has 1 aromatic carbocycles. The number of rotatable bonds is 1. The Hall–Kier alpha value is -1.88. The van der Waals surface area contributed by atoms with Gasteiger partial charge in [0.15, 0.2) is 0 Å². The van der Waals surface area contributed by atoms with Crippen molar-refractivity contribution in [3.8, 4) is 0 Å². The lowest BCUT2D eigenvalue weighted by atomic mass is 9.90. The number of nitrogens with zero attached hydrogens (tertiary/aromatic N) is 1. The van der Waals surface area contributed by atoms with E-state index in [0.717, 1.165) is 43.6 Å². The number of hydrogen-bond acceptors (Lipinski definition) is 3. The summed E-state index contributed by atoms with van der Waals surface area (Å²) in [5.41, 5.74) is 2.92. The lowest BCUT2D eigenvalue weighted by Crippen LogP contribution is -2.58. The van der Waals surface area contributed by atoms with Crippen molar-refractivity contribution in [2.75, 3.05) is 18.4 Å². The van der Waals surface area contributed by atoms with Gasteiger partial charge in [0.1, 0.15) is 5.66 Å². The zero-order valence-electron chi connectivity index (χ0n) is 11.9. The van der Waals surface area contributed by atoms with Crippen LogP contribution in [-0.4, -0.2) is 29.8 Å². The van der Waals surface area contributed by atoms with Gasteiger partial charge < -0.3 is 10.2 Å². The van der Waals surface area contributed by atoms with E-state index in [2.05, 4.69) is 16.7 Å². The van der Waals surface area contributed by atoms with Crippen molar-refractivity contribution in [1.82, 2.24) is 10.2 Å². The lowest BCUT2D eigenvalue weighted by Gasteiger charge is -2.44. The highest BCUT2D eigenvalue weighted by Gasteiger charge is 2.47. The first kappa shape index (κ1) is 12.8. The third-order valence-corrected chi connectivity index (χ3v) is 4.92. The highest BCUT2D eigenvalue weighted by Crippen LogP contribution is 2.40. The number of hydrogen-bond donors (Lipinski definition) is 2. The minimum atomic E-state index is -0.328. The van der Waals surface area contributed by atoms with Crippen molar-refractivity contribution >= 4 is 17.5 Å². The van der Waals surface area contributed by atoms with Crippen molar-refractivity contribution in [1.29, 1.82) is 0 Å².